The van der Waals surface area contributed by atoms with Gasteiger partial charge in [-0.15, -0.1) is 11.8 Å². The van der Waals surface area contributed by atoms with Crippen molar-refractivity contribution in [1.82, 2.24) is 9.97 Å². The fraction of sp³-hybridized carbons (Fsp3) is 0.286. The summed E-state index contributed by atoms with van der Waals surface area (Å²) in [7, 11) is 2.93. The molecule has 0 aliphatic heterocycles. The standard InChI is InChI=1S/C14H15FN2O3S/c1-19-12-7-16-13(14(17-12)20-2)11(18)8-21-10-5-3-9(15)4-6-10/h3-7,11,18H,8H2,1-2H3. The number of hydrogen-bond acceptors (Lipinski definition) is 6. The Bertz CT molecular complexity index is 595. The van der Waals surface area contributed by atoms with Crippen molar-refractivity contribution in [3.63, 3.8) is 0 Å². The highest BCUT2D eigenvalue weighted by molar-refractivity contribution is 7.99. The normalized spacial score (nSPS) is 12.0. The van der Waals surface area contributed by atoms with Gasteiger partial charge in [-0.2, -0.15) is 4.98 Å². The summed E-state index contributed by atoms with van der Waals surface area (Å²) in [6, 6.07) is 6.07. The van der Waals surface area contributed by atoms with Gasteiger partial charge in [-0.05, 0) is 24.3 Å². The number of aliphatic hydroxyl groups is 1. The second-order valence-electron chi connectivity index (χ2n) is 4.09. The van der Waals surface area contributed by atoms with Crippen LogP contribution < -0.4 is 9.47 Å². The predicted octanol–water partition coefficient (Wildman–Crippen LogP) is 2.46. The maximum Gasteiger partial charge on any atom is 0.241 e. The first kappa shape index (κ1) is 15.5. The topological polar surface area (TPSA) is 64.5 Å². The SMILES string of the molecule is COc1cnc(C(O)CSc2ccc(F)cc2)c(OC)n1. The zero-order valence-electron chi connectivity index (χ0n) is 11.6. The maximum atomic E-state index is 12.8. The number of aromatic nitrogens is 2. The Morgan fingerprint density at radius 2 is 1.95 bits per heavy atom. The summed E-state index contributed by atoms with van der Waals surface area (Å²) in [6.45, 7) is 0. The van der Waals surface area contributed by atoms with E-state index in [9.17, 15) is 9.50 Å². The predicted molar refractivity (Wildman–Crippen MR) is 77.2 cm³/mol. The highest BCUT2D eigenvalue weighted by atomic mass is 32.2. The average Bonchev–Trinajstić information content (AvgIpc) is 2.53. The lowest BCUT2D eigenvalue weighted by molar-refractivity contribution is 0.191. The number of aliphatic hydroxyl groups excluding tert-OH is 1. The smallest absolute Gasteiger partial charge is 0.241 e. The average molecular weight is 310 g/mol. The molecule has 0 spiro atoms. The highest BCUT2D eigenvalue weighted by Crippen LogP contribution is 2.28. The number of ether oxygens (including phenoxy) is 2. The molecule has 2 aromatic rings. The van der Waals surface area contributed by atoms with Crippen LogP contribution in [0, 0.1) is 5.82 Å². The number of hydrogen-bond donors (Lipinski definition) is 1. The fourth-order valence-electron chi connectivity index (χ4n) is 1.63. The molecular formula is C14H15FN2O3S. The van der Waals surface area contributed by atoms with Crippen LogP contribution in [0.25, 0.3) is 0 Å². The molecule has 1 N–H and O–H groups in total. The van der Waals surface area contributed by atoms with Gasteiger partial charge in [0, 0.05) is 10.6 Å². The van der Waals surface area contributed by atoms with E-state index in [1.54, 1.807) is 12.1 Å². The van der Waals surface area contributed by atoms with Gasteiger partial charge in [0.15, 0.2) is 0 Å². The summed E-state index contributed by atoms with van der Waals surface area (Å²) in [4.78, 5) is 9.04. The maximum absolute atomic E-state index is 12.8. The quantitative estimate of drug-likeness (QED) is 0.827. The molecule has 0 saturated heterocycles. The highest BCUT2D eigenvalue weighted by Gasteiger charge is 2.17. The Morgan fingerprint density at radius 3 is 2.57 bits per heavy atom. The number of methoxy groups -OCH3 is 2. The molecule has 0 aliphatic rings. The second kappa shape index (κ2) is 7.24. The van der Waals surface area contributed by atoms with Gasteiger partial charge in [0.2, 0.25) is 11.8 Å². The van der Waals surface area contributed by atoms with Crippen LogP contribution >= 0.6 is 11.8 Å². The molecule has 21 heavy (non-hydrogen) atoms. The summed E-state index contributed by atoms with van der Waals surface area (Å²) in [5, 5.41) is 10.2. The molecule has 0 bridgehead atoms. The summed E-state index contributed by atoms with van der Waals surface area (Å²) in [5.41, 5.74) is 0.341. The fourth-order valence-corrected chi connectivity index (χ4v) is 2.46. The van der Waals surface area contributed by atoms with Crippen LogP contribution in [0.4, 0.5) is 4.39 Å². The molecule has 7 heteroatoms. The van der Waals surface area contributed by atoms with Crippen molar-refractivity contribution in [2.75, 3.05) is 20.0 Å². The molecular weight excluding hydrogens is 295 g/mol. The van der Waals surface area contributed by atoms with Crippen LogP contribution in [0.5, 0.6) is 11.8 Å². The summed E-state index contributed by atoms with van der Waals surface area (Å²) >= 11 is 1.39. The molecule has 0 saturated carbocycles. The van der Waals surface area contributed by atoms with Gasteiger partial charge in [0.05, 0.1) is 20.4 Å². The van der Waals surface area contributed by atoms with Crippen LogP contribution in [0.1, 0.15) is 11.8 Å². The van der Waals surface area contributed by atoms with Crippen molar-refractivity contribution >= 4 is 11.8 Å². The lowest BCUT2D eigenvalue weighted by atomic mass is 10.3. The van der Waals surface area contributed by atoms with Crippen LogP contribution in [-0.4, -0.2) is 35.0 Å². The van der Waals surface area contributed by atoms with Crippen molar-refractivity contribution in [2.45, 2.75) is 11.0 Å². The second-order valence-corrected chi connectivity index (χ2v) is 5.18. The number of benzene rings is 1. The van der Waals surface area contributed by atoms with E-state index in [0.29, 0.717) is 17.3 Å². The lowest BCUT2D eigenvalue weighted by Crippen LogP contribution is -2.08. The third-order valence-electron chi connectivity index (χ3n) is 2.68. The van der Waals surface area contributed by atoms with Gasteiger partial charge in [-0.3, -0.25) is 0 Å². The number of halogens is 1. The van der Waals surface area contributed by atoms with E-state index >= 15 is 0 Å². The third kappa shape index (κ3) is 4.05. The van der Waals surface area contributed by atoms with E-state index in [0.717, 1.165) is 4.90 Å². The molecule has 1 atom stereocenters. The van der Waals surface area contributed by atoms with E-state index in [1.807, 2.05) is 0 Å². The van der Waals surface area contributed by atoms with Gasteiger partial charge < -0.3 is 14.6 Å². The first-order valence-corrected chi connectivity index (χ1v) is 7.14. The molecule has 1 unspecified atom stereocenters. The van der Waals surface area contributed by atoms with Crippen molar-refractivity contribution in [1.29, 1.82) is 0 Å². The van der Waals surface area contributed by atoms with E-state index in [4.69, 9.17) is 9.47 Å². The van der Waals surface area contributed by atoms with E-state index in [1.165, 1.54) is 44.3 Å². The summed E-state index contributed by atoms with van der Waals surface area (Å²) in [5.74, 6) is 0.598. The Hall–Kier alpha value is -1.86. The zero-order valence-corrected chi connectivity index (χ0v) is 12.4. The van der Waals surface area contributed by atoms with Crippen LogP contribution in [0.3, 0.4) is 0 Å². The van der Waals surface area contributed by atoms with Gasteiger partial charge in [0.25, 0.3) is 0 Å². The minimum atomic E-state index is -0.853. The van der Waals surface area contributed by atoms with Crippen molar-refractivity contribution < 1.29 is 19.0 Å². The molecule has 112 valence electrons. The summed E-state index contributed by atoms with van der Waals surface area (Å²) in [6.07, 6.45) is 0.567. The van der Waals surface area contributed by atoms with Gasteiger partial charge in [0.1, 0.15) is 17.6 Å². The zero-order chi connectivity index (χ0) is 15.2. The van der Waals surface area contributed by atoms with E-state index < -0.39 is 6.10 Å². The van der Waals surface area contributed by atoms with Crippen molar-refractivity contribution in [2.24, 2.45) is 0 Å². The molecule has 0 aliphatic carbocycles. The first-order chi connectivity index (χ1) is 10.1. The van der Waals surface area contributed by atoms with Crippen LogP contribution in [0.2, 0.25) is 0 Å². The third-order valence-corrected chi connectivity index (χ3v) is 3.77. The number of thioether (sulfide) groups is 1. The largest absolute Gasteiger partial charge is 0.480 e. The Labute approximate surface area is 126 Å². The molecule has 2 rings (SSSR count). The Kier molecular flexibility index (Phi) is 5.35. The monoisotopic (exact) mass is 310 g/mol. The minimum absolute atomic E-state index is 0.224. The molecule has 1 heterocycles. The molecule has 0 fully saturated rings. The Morgan fingerprint density at radius 1 is 1.24 bits per heavy atom. The molecule has 1 aromatic heterocycles. The lowest BCUT2D eigenvalue weighted by Gasteiger charge is -2.13. The van der Waals surface area contributed by atoms with Gasteiger partial charge >= 0.3 is 0 Å². The molecule has 1 aromatic carbocycles. The first-order valence-electron chi connectivity index (χ1n) is 6.15. The molecule has 5 nitrogen and oxygen atoms in total. The molecule has 0 amide bonds. The van der Waals surface area contributed by atoms with Gasteiger partial charge in [-0.1, -0.05) is 0 Å². The van der Waals surface area contributed by atoms with Gasteiger partial charge in [-0.25, -0.2) is 9.37 Å². The van der Waals surface area contributed by atoms with E-state index in [2.05, 4.69) is 9.97 Å². The Balaban J connectivity index is 2.05. The number of nitrogens with zero attached hydrogens (tertiary/aromatic N) is 2. The van der Waals surface area contributed by atoms with Crippen molar-refractivity contribution in [3.05, 3.63) is 42.0 Å². The minimum Gasteiger partial charge on any atom is -0.480 e. The van der Waals surface area contributed by atoms with E-state index in [-0.39, 0.29) is 11.7 Å². The van der Waals surface area contributed by atoms with Crippen molar-refractivity contribution in [3.8, 4) is 11.8 Å². The summed E-state index contributed by atoms with van der Waals surface area (Å²) < 4.78 is 22.9. The van der Waals surface area contributed by atoms with Crippen LogP contribution in [-0.2, 0) is 0 Å². The molecule has 0 radical (unpaired) electrons. The number of rotatable bonds is 6. The van der Waals surface area contributed by atoms with Crippen LogP contribution in [0.15, 0.2) is 35.4 Å².